The van der Waals surface area contributed by atoms with Crippen LogP contribution in [-0.2, 0) is 22.7 Å². The Balaban J connectivity index is 0.000000199. The second-order valence-corrected chi connectivity index (χ2v) is 14.7. The molecule has 8 rings (SSSR count). The van der Waals surface area contributed by atoms with Crippen LogP contribution in [0.1, 0.15) is 40.5 Å². The van der Waals surface area contributed by atoms with Crippen LogP contribution in [0.5, 0.6) is 0 Å². The minimum Gasteiger partial charge on any atom is -0.364 e. The molecule has 338 valence electrons. The quantitative estimate of drug-likeness (QED) is 0.0376. The summed E-state index contributed by atoms with van der Waals surface area (Å²) in [6.07, 6.45) is 11.6. The molecule has 0 saturated heterocycles. The maximum absolute atomic E-state index is 13.2. The number of Topliss-reactive ketones (excluding diaryl/α,β-unsaturated/α-hetero) is 2. The third-order valence-electron chi connectivity index (χ3n) is 10.0. The Labute approximate surface area is 382 Å². The molecule has 67 heavy (non-hydrogen) atoms. The molecule has 4 aromatic heterocycles. The summed E-state index contributed by atoms with van der Waals surface area (Å²) < 4.78 is 13.4. The number of benzene rings is 4. The molecule has 20 heteroatoms. The number of carbonyl (C=O) groups excluding carboxylic acids is 4. The Kier molecular flexibility index (Phi) is 14.8. The van der Waals surface area contributed by atoms with Gasteiger partial charge in [-0.05, 0) is 100 Å². The molecule has 0 aliphatic carbocycles. The highest BCUT2D eigenvalue weighted by molar-refractivity contribution is 6.00. The maximum Gasteiger partial charge on any atom is 0.240 e. The van der Waals surface area contributed by atoms with E-state index in [4.69, 9.17) is 33.6 Å². The Bertz CT molecular complexity index is 3120. The standard InChI is InChI=1S/C24H23N7O3.C23H21N7O3/c1-3-4-13-26-22-21(29-34-30-22)23-28-18-7-5-6-8-19(18)31(23)14-20(32)16-9-11-17(12-10-16)27-24(33)15(2)25;1-2-3-12-25-22-21(28-33-29-22)23-27-17-6-4-5-7-18(17)30(23)14-19(31)15-8-10-16(11-9-15)26-20(32)13-24/h1,5-12,15H,4,13-14,25H2,2H3,(H,26,30)(H,27,33);1,4-11H,3,12-14,24H2,(H,25,29)(H,26,32)/t15-;/m0./s1. The number of aromatic nitrogens is 8. The molecule has 0 aliphatic heterocycles. The number of nitrogens with one attached hydrogen (secondary N) is 4. The van der Waals surface area contributed by atoms with Gasteiger partial charge in [0.2, 0.25) is 23.5 Å². The van der Waals surface area contributed by atoms with Gasteiger partial charge in [-0.2, -0.15) is 0 Å². The summed E-state index contributed by atoms with van der Waals surface area (Å²) in [7, 11) is 0. The number of hydrogen-bond donors (Lipinski definition) is 6. The lowest BCUT2D eigenvalue weighted by atomic mass is 10.1. The highest BCUT2D eigenvalue weighted by Gasteiger charge is 2.24. The van der Waals surface area contributed by atoms with Gasteiger partial charge in [-0.1, -0.05) is 24.3 Å². The van der Waals surface area contributed by atoms with Gasteiger partial charge >= 0.3 is 0 Å². The SMILES string of the molecule is C#CCCNc1nonc1-c1nc2ccccc2n1CC(=O)c1ccc(NC(=O)CN)cc1.C#CCCNc1nonc1-c1nc2ccccc2n1CC(=O)c1ccc(NC(=O)[C@H](C)N)cc1. The van der Waals surface area contributed by atoms with Crippen molar-refractivity contribution in [3.05, 3.63) is 108 Å². The predicted octanol–water partition coefficient (Wildman–Crippen LogP) is 4.99. The van der Waals surface area contributed by atoms with Crippen LogP contribution in [0.3, 0.4) is 0 Å². The van der Waals surface area contributed by atoms with E-state index >= 15 is 0 Å². The van der Waals surface area contributed by atoms with Crippen LogP contribution in [0.4, 0.5) is 23.0 Å². The Morgan fingerprint density at radius 1 is 0.642 bits per heavy atom. The normalized spacial score (nSPS) is 11.2. The Morgan fingerprint density at radius 3 is 1.49 bits per heavy atom. The first kappa shape index (κ1) is 46.0. The van der Waals surface area contributed by atoms with Gasteiger partial charge < -0.3 is 41.9 Å². The minimum absolute atomic E-state index is 0.0119. The second kappa shape index (κ2) is 21.6. The Hall–Kier alpha value is -8.98. The molecule has 0 unspecified atom stereocenters. The lowest BCUT2D eigenvalue weighted by molar-refractivity contribution is -0.117. The van der Waals surface area contributed by atoms with Gasteiger partial charge in [0.15, 0.2) is 34.6 Å². The van der Waals surface area contributed by atoms with Gasteiger partial charge in [-0.25, -0.2) is 19.2 Å². The van der Waals surface area contributed by atoms with E-state index < -0.39 is 6.04 Å². The third kappa shape index (κ3) is 11.0. The van der Waals surface area contributed by atoms with E-state index in [0.29, 0.717) is 94.1 Å². The number of imidazole rings is 2. The van der Waals surface area contributed by atoms with Crippen molar-refractivity contribution in [3.63, 3.8) is 0 Å². The molecule has 8 aromatic rings. The van der Waals surface area contributed by atoms with Crippen molar-refractivity contribution in [3.8, 4) is 47.7 Å². The molecule has 20 nitrogen and oxygen atoms in total. The van der Waals surface area contributed by atoms with Crippen LogP contribution < -0.4 is 32.7 Å². The smallest absolute Gasteiger partial charge is 0.240 e. The van der Waals surface area contributed by atoms with Crippen LogP contribution >= 0.6 is 0 Å². The summed E-state index contributed by atoms with van der Waals surface area (Å²) >= 11 is 0. The molecule has 4 heterocycles. The number of hydrogen-bond acceptors (Lipinski definition) is 16. The van der Waals surface area contributed by atoms with Gasteiger partial charge in [0.1, 0.15) is 0 Å². The predicted molar refractivity (Wildman–Crippen MR) is 251 cm³/mol. The molecule has 8 N–H and O–H groups in total. The number of terminal acetylenes is 2. The summed E-state index contributed by atoms with van der Waals surface area (Å²) in [6, 6.07) is 27.6. The zero-order valence-electron chi connectivity index (χ0n) is 36.1. The van der Waals surface area contributed by atoms with Gasteiger partial charge in [-0.3, -0.25) is 19.2 Å². The molecular formula is C47H44N14O6. The summed E-state index contributed by atoms with van der Waals surface area (Å²) in [5, 5.41) is 27.3. The van der Waals surface area contributed by atoms with Gasteiger partial charge in [0.05, 0.1) is 47.7 Å². The number of nitrogens with two attached hydrogens (primary N) is 2. The van der Waals surface area contributed by atoms with E-state index in [-0.39, 0.29) is 43.0 Å². The van der Waals surface area contributed by atoms with Gasteiger partial charge in [0.25, 0.3) is 0 Å². The number of anilines is 4. The number of carbonyl (C=O) groups is 4. The minimum atomic E-state index is -0.633. The molecule has 2 amide bonds. The highest BCUT2D eigenvalue weighted by Crippen LogP contribution is 2.30. The third-order valence-corrected chi connectivity index (χ3v) is 10.0. The fourth-order valence-corrected chi connectivity index (χ4v) is 6.66. The summed E-state index contributed by atoms with van der Waals surface area (Å²) in [4.78, 5) is 58.8. The molecule has 0 bridgehead atoms. The topological polar surface area (TPSA) is 282 Å². The summed E-state index contributed by atoms with van der Waals surface area (Å²) in [5.41, 5.74) is 16.7. The van der Waals surface area contributed by atoms with Crippen LogP contribution in [0, 0.1) is 24.7 Å². The average Bonchev–Trinajstić information content (AvgIpc) is 4.16. The molecule has 4 aromatic carbocycles. The van der Waals surface area contributed by atoms with E-state index in [0.717, 1.165) is 11.0 Å². The number of amides is 2. The van der Waals surface area contributed by atoms with Crippen molar-refractivity contribution in [2.75, 3.05) is 40.9 Å². The molecule has 0 spiro atoms. The summed E-state index contributed by atoms with van der Waals surface area (Å²) in [5.74, 6) is 5.88. The van der Waals surface area contributed by atoms with E-state index in [1.807, 2.05) is 48.5 Å². The fourth-order valence-electron chi connectivity index (χ4n) is 6.66. The lowest BCUT2D eigenvalue weighted by Crippen LogP contribution is -2.32. The van der Waals surface area contributed by atoms with E-state index in [1.165, 1.54) is 0 Å². The Morgan fingerprint density at radius 2 is 1.07 bits per heavy atom. The van der Waals surface area contributed by atoms with E-state index in [1.54, 1.807) is 64.6 Å². The van der Waals surface area contributed by atoms with Crippen LogP contribution in [-0.4, -0.2) is 88.8 Å². The number of nitrogens with zero attached hydrogens (tertiary/aromatic N) is 8. The van der Waals surface area contributed by atoms with Crippen molar-refractivity contribution < 1.29 is 28.4 Å². The number of rotatable bonds is 18. The maximum atomic E-state index is 13.2. The number of para-hydroxylation sites is 4. The monoisotopic (exact) mass is 900 g/mol. The zero-order valence-corrected chi connectivity index (χ0v) is 36.1. The molecule has 0 fully saturated rings. The lowest BCUT2D eigenvalue weighted by Gasteiger charge is -2.10. The van der Waals surface area contributed by atoms with Crippen molar-refractivity contribution in [2.24, 2.45) is 11.5 Å². The van der Waals surface area contributed by atoms with E-state index in [9.17, 15) is 19.2 Å². The zero-order chi connectivity index (χ0) is 47.3. The largest absolute Gasteiger partial charge is 0.364 e. The molecular weight excluding hydrogens is 857 g/mol. The first-order valence-corrected chi connectivity index (χ1v) is 20.8. The number of ketones is 2. The van der Waals surface area contributed by atoms with Crippen LogP contribution in [0.15, 0.2) is 106 Å². The van der Waals surface area contributed by atoms with Crippen LogP contribution in [0.25, 0.3) is 45.1 Å². The molecule has 0 saturated carbocycles. The first-order chi connectivity index (χ1) is 32.6. The average molecular weight is 901 g/mol. The van der Waals surface area contributed by atoms with Crippen molar-refractivity contribution >= 4 is 68.5 Å². The van der Waals surface area contributed by atoms with Crippen molar-refractivity contribution in [1.82, 2.24) is 39.7 Å². The molecule has 1 atom stereocenters. The van der Waals surface area contributed by atoms with Gasteiger partial charge in [-0.15, -0.1) is 24.7 Å². The molecule has 0 radical (unpaired) electrons. The second-order valence-electron chi connectivity index (χ2n) is 14.7. The first-order valence-electron chi connectivity index (χ1n) is 20.8. The van der Waals surface area contributed by atoms with Crippen molar-refractivity contribution in [1.29, 1.82) is 0 Å². The van der Waals surface area contributed by atoms with Crippen LogP contribution in [0.2, 0.25) is 0 Å². The van der Waals surface area contributed by atoms with E-state index in [2.05, 4.69) is 63.7 Å². The summed E-state index contributed by atoms with van der Waals surface area (Å²) in [6.45, 7) is 2.49. The number of fused-ring (bicyclic) bond motifs is 2. The fraction of sp³-hybridized carbons (Fsp3) is 0.191. The molecule has 0 aliphatic rings. The van der Waals surface area contributed by atoms with Crippen molar-refractivity contribution in [2.45, 2.75) is 38.9 Å². The highest BCUT2D eigenvalue weighted by atomic mass is 16.6. The van der Waals surface area contributed by atoms with Gasteiger partial charge in [0, 0.05) is 48.4 Å².